The van der Waals surface area contributed by atoms with Crippen molar-refractivity contribution < 1.29 is 14.4 Å². The summed E-state index contributed by atoms with van der Waals surface area (Å²) in [6.07, 6.45) is 1.44. The number of benzene rings is 1. The summed E-state index contributed by atoms with van der Waals surface area (Å²) in [6.45, 7) is 0. The molecule has 0 fully saturated rings. The molecule has 0 aliphatic rings. The number of halogens is 1. The van der Waals surface area contributed by atoms with Crippen molar-refractivity contribution in [1.82, 2.24) is 5.16 Å². The van der Waals surface area contributed by atoms with Gasteiger partial charge < -0.3 is 9.63 Å². The Kier molecular flexibility index (Phi) is 1.70. The summed E-state index contributed by atoms with van der Waals surface area (Å²) in [5.74, 6) is -1.06. The van der Waals surface area contributed by atoms with Crippen LogP contribution in [0.2, 0.25) is 5.02 Å². The molecular weight excluding hydrogens is 194 g/mol. The number of carboxylic acids is 1. The summed E-state index contributed by atoms with van der Waals surface area (Å²) in [4.78, 5) is 10.7. The number of rotatable bonds is 1. The second kappa shape index (κ2) is 2.74. The van der Waals surface area contributed by atoms with Gasteiger partial charge in [-0.15, -0.1) is 0 Å². The van der Waals surface area contributed by atoms with Gasteiger partial charge in [0.15, 0.2) is 5.58 Å². The van der Waals surface area contributed by atoms with Gasteiger partial charge >= 0.3 is 5.97 Å². The number of fused-ring (bicyclic) bond motifs is 1. The highest BCUT2D eigenvalue weighted by Crippen LogP contribution is 2.23. The predicted molar refractivity (Wildman–Crippen MR) is 46.0 cm³/mol. The Morgan fingerprint density at radius 1 is 1.54 bits per heavy atom. The van der Waals surface area contributed by atoms with Gasteiger partial charge in [0.25, 0.3) is 0 Å². The molecule has 1 aromatic carbocycles. The van der Waals surface area contributed by atoms with Crippen LogP contribution in [0.25, 0.3) is 11.0 Å². The van der Waals surface area contributed by atoms with E-state index in [0.717, 1.165) is 0 Å². The summed E-state index contributed by atoms with van der Waals surface area (Å²) in [5, 5.41) is 13.0. The molecule has 1 N–H and O–H groups in total. The van der Waals surface area contributed by atoms with E-state index in [9.17, 15) is 4.79 Å². The highest BCUT2D eigenvalue weighted by atomic mass is 35.5. The largest absolute Gasteiger partial charge is 0.478 e. The number of carboxylic acid groups (broad SMARTS) is 1. The van der Waals surface area contributed by atoms with Crippen LogP contribution in [0.1, 0.15) is 10.4 Å². The lowest BCUT2D eigenvalue weighted by molar-refractivity contribution is 0.0697. The molecule has 0 saturated heterocycles. The molecular formula is C8H4ClNO3. The molecule has 66 valence electrons. The lowest BCUT2D eigenvalue weighted by Gasteiger charge is -1.96. The molecule has 0 aliphatic heterocycles. The smallest absolute Gasteiger partial charge is 0.337 e. The van der Waals surface area contributed by atoms with Crippen LogP contribution in [0, 0.1) is 0 Å². The fourth-order valence-electron chi connectivity index (χ4n) is 1.06. The molecule has 1 aromatic heterocycles. The van der Waals surface area contributed by atoms with Crippen LogP contribution in [-0.2, 0) is 0 Å². The van der Waals surface area contributed by atoms with E-state index in [2.05, 4.69) is 5.16 Å². The van der Waals surface area contributed by atoms with Gasteiger partial charge in [0.05, 0.1) is 16.8 Å². The molecule has 0 atom stereocenters. The third-order valence-electron chi connectivity index (χ3n) is 1.67. The van der Waals surface area contributed by atoms with Crippen molar-refractivity contribution in [2.75, 3.05) is 0 Å². The zero-order chi connectivity index (χ0) is 9.42. The van der Waals surface area contributed by atoms with E-state index in [0.29, 0.717) is 11.0 Å². The first-order valence-electron chi connectivity index (χ1n) is 3.45. The maximum absolute atomic E-state index is 10.7. The van der Waals surface area contributed by atoms with E-state index in [-0.39, 0.29) is 10.6 Å². The fraction of sp³-hybridized carbons (Fsp3) is 0. The highest BCUT2D eigenvalue weighted by Gasteiger charge is 2.11. The van der Waals surface area contributed by atoms with Crippen LogP contribution in [0.5, 0.6) is 0 Å². The van der Waals surface area contributed by atoms with Gasteiger partial charge in [-0.2, -0.15) is 0 Å². The number of aromatic nitrogens is 1. The number of hydrogen-bond acceptors (Lipinski definition) is 3. The van der Waals surface area contributed by atoms with Gasteiger partial charge in [0.1, 0.15) is 0 Å². The normalized spacial score (nSPS) is 10.5. The molecule has 0 saturated carbocycles. The van der Waals surface area contributed by atoms with Gasteiger partial charge in [0, 0.05) is 11.5 Å². The van der Waals surface area contributed by atoms with Crippen molar-refractivity contribution in [3.63, 3.8) is 0 Å². The molecule has 13 heavy (non-hydrogen) atoms. The standard InChI is InChI=1S/C8H4ClNO3/c9-6-2-7-4(3-10-13-7)1-5(6)8(11)12/h1-3H,(H,11,12). The van der Waals surface area contributed by atoms with Crippen molar-refractivity contribution in [3.05, 3.63) is 28.9 Å². The number of carbonyl (C=O) groups is 1. The molecule has 0 spiro atoms. The topological polar surface area (TPSA) is 63.3 Å². The first kappa shape index (κ1) is 8.07. The summed E-state index contributed by atoms with van der Waals surface area (Å²) in [6, 6.07) is 2.86. The predicted octanol–water partition coefficient (Wildman–Crippen LogP) is 2.18. The number of aromatic carboxylic acids is 1. The number of nitrogens with zero attached hydrogens (tertiary/aromatic N) is 1. The third kappa shape index (κ3) is 1.25. The van der Waals surface area contributed by atoms with Gasteiger partial charge in [-0.1, -0.05) is 16.8 Å². The molecule has 2 aromatic rings. The zero-order valence-electron chi connectivity index (χ0n) is 6.32. The van der Waals surface area contributed by atoms with Crippen molar-refractivity contribution in [1.29, 1.82) is 0 Å². The summed E-state index contributed by atoms with van der Waals surface area (Å²) < 4.78 is 4.81. The quantitative estimate of drug-likeness (QED) is 0.761. The molecule has 4 nitrogen and oxygen atoms in total. The maximum Gasteiger partial charge on any atom is 0.337 e. The van der Waals surface area contributed by atoms with E-state index in [1.54, 1.807) is 0 Å². The lowest BCUT2D eigenvalue weighted by Crippen LogP contribution is -1.96. The van der Waals surface area contributed by atoms with Crippen molar-refractivity contribution in [2.24, 2.45) is 0 Å². The lowest BCUT2D eigenvalue weighted by atomic mass is 10.2. The van der Waals surface area contributed by atoms with Crippen LogP contribution in [0.3, 0.4) is 0 Å². The minimum Gasteiger partial charge on any atom is -0.478 e. The maximum atomic E-state index is 10.7. The Balaban J connectivity index is 2.76. The Hall–Kier alpha value is -1.55. The van der Waals surface area contributed by atoms with Crippen LogP contribution in [-0.4, -0.2) is 16.2 Å². The SMILES string of the molecule is O=C(O)c1cc2cnoc2cc1Cl. The second-order valence-electron chi connectivity index (χ2n) is 2.50. The van der Waals surface area contributed by atoms with Crippen molar-refractivity contribution in [2.45, 2.75) is 0 Å². The van der Waals surface area contributed by atoms with E-state index in [4.69, 9.17) is 21.2 Å². The molecule has 1 heterocycles. The van der Waals surface area contributed by atoms with Gasteiger partial charge in [-0.3, -0.25) is 0 Å². The van der Waals surface area contributed by atoms with Crippen molar-refractivity contribution in [3.8, 4) is 0 Å². The molecule has 5 heteroatoms. The summed E-state index contributed by atoms with van der Waals surface area (Å²) in [5.41, 5.74) is 0.535. The van der Waals surface area contributed by atoms with Crippen LogP contribution >= 0.6 is 11.6 Å². The zero-order valence-corrected chi connectivity index (χ0v) is 7.08. The Morgan fingerprint density at radius 2 is 2.31 bits per heavy atom. The molecule has 0 bridgehead atoms. The van der Waals surface area contributed by atoms with Gasteiger partial charge in [-0.05, 0) is 6.07 Å². The molecule has 0 radical (unpaired) electrons. The summed E-state index contributed by atoms with van der Waals surface area (Å²) in [7, 11) is 0. The molecule has 0 aliphatic carbocycles. The highest BCUT2D eigenvalue weighted by molar-refractivity contribution is 6.34. The molecule has 0 unspecified atom stereocenters. The minimum atomic E-state index is -1.06. The van der Waals surface area contributed by atoms with E-state index < -0.39 is 5.97 Å². The first-order chi connectivity index (χ1) is 6.18. The van der Waals surface area contributed by atoms with Crippen LogP contribution in [0.4, 0.5) is 0 Å². The van der Waals surface area contributed by atoms with E-state index >= 15 is 0 Å². The molecule has 2 rings (SSSR count). The molecule has 0 amide bonds. The van der Waals surface area contributed by atoms with Crippen molar-refractivity contribution >= 4 is 28.5 Å². The number of hydrogen-bond donors (Lipinski definition) is 1. The summed E-state index contributed by atoms with van der Waals surface area (Å²) >= 11 is 5.69. The minimum absolute atomic E-state index is 0.0531. The van der Waals surface area contributed by atoms with Crippen LogP contribution < -0.4 is 0 Å². The Morgan fingerprint density at radius 3 is 3.00 bits per heavy atom. The average molecular weight is 198 g/mol. The monoisotopic (exact) mass is 197 g/mol. The third-order valence-corrected chi connectivity index (χ3v) is 1.99. The Bertz CT molecular complexity index is 477. The fourth-order valence-corrected chi connectivity index (χ4v) is 1.29. The van der Waals surface area contributed by atoms with Gasteiger partial charge in [0.2, 0.25) is 0 Å². The average Bonchev–Trinajstić information content (AvgIpc) is 2.48. The van der Waals surface area contributed by atoms with E-state index in [1.807, 2.05) is 0 Å². The van der Waals surface area contributed by atoms with E-state index in [1.165, 1.54) is 18.3 Å². The second-order valence-corrected chi connectivity index (χ2v) is 2.91. The Labute approximate surface area is 77.7 Å². The first-order valence-corrected chi connectivity index (χ1v) is 3.83. The van der Waals surface area contributed by atoms with Crippen LogP contribution in [0.15, 0.2) is 22.9 Å². The van der Waals surface area contributed by atoms with Gasteiger partial charge in [-0.25, -0.2) is 4.79 Å².